The molecule has 1 heterocycles. The summed E-state index contributed by atoms with van der Waals surface area (Å²) in [5.41, 5.74) is 0.0876. The highest BCUT2D eigenvalue weighted by Crippen LogP contribution is 2.31. The van der Waals surface area contributed by atoms with Crippen molar-refractivity contribution >= 4 is 9.84 Å². The molecule has 2 unspecified atom stereocenters. The molecule has 0 saturated carbocycles. The lowest BCUT2D eigenvalue weighted by molar-refractivity contribution is 0.120. The number of sulfone groups is 1. The van der Waals surface area contributed by atoms with Crippen LogP contribution in [0.15, 0.2) is 18.2 Å². The van der Waals surface area contributed by atoms with E-state index in [0.717, 1.165) is 12.1 Å². The van der Waals surface area contributed by atoms with Crippen LogP contribution in [0.5, 0.6) is 0 Å². The predicted molar refractivity (Wildman–Crippen MR) is 58.1 cm³/mol. The van der Waals surface area contributed by atoms with Crippen molar-refractivity contribution in [2.45, 2.75) is 12.5 Å². The number of hydrogen-bond acceptors (Lipinski definition) is 3. The Morgan fingerprint density at radius 1 is 1.24 bits per heavy atom. The van der Waals surface area contributed by atoms with Gasteiger partial charge in [0.25, 0.3) is 0 Å². The lowest BCUT2D eigenvalue weighted by Gasteiger charge is -2.17. The minimum absolute atomic E-state index is 0.0204. The second kappa shape index (κ2) is 4.34. The Kier molecular flexibility index (Phi) is 3.18. The Morgan fingerprint density at radius 3 is 2.29 bits per heavy atom. The molecule has 3 nitrogen and oxygen atoms in total. The topological polar surface area (TPSA) is 54.4 Å². The fraction of sp³-hybridized carbons (Fsp3) is 0.455. The number of halogens is 2. The largest absolute Gasteiger partial charge is 0.388 e. The molecule has 1 aliphatic heterocycles. The number of benzene rings is 1. The number of rotatable bonds is 2. The molecule has 0 radical (unpaired) electrons. The molecule has 0 spiro atoms. The van der Waals surface area contributed by atoms with Crippen molar-refractivity contribution in [3.05, 3.63) is 35.4 Å². The van der Waals surface area contributed by atoms with Crippen molar-refractivity contribution in [1.82, 2.24) is 0 Å². The summed E-state index contributed by atoms with van der Waals surface area (Å²) in [5, 5.41) is 9.90. The van der Waals surface area contributed by atoms with Crippen molar-refractivity contribution in [3.8, 4) is 0 Å². The van der Waals surface area contributed by atoms with Gasteiger partial charge in [-0.1, -0.05) is 0 Å². The molecule has 0 aromatic heterocycles. The van der Waals surface area contributed by atoms with Crippen LogP contribution in [0, 0.1) is 17.6 Å². The van der Waals surface area contributed by atoms with Crippen LogP contribution in [-0.4, -0.2) is 25.0 Å². The zero-order chi connectivity index (χ0) is 12.6. The first-order valence-corrected chi connectivity index (χ1v) is 7.04. The van der Waals surface area contributed by atoms with Gasteiger partial charge >= 0.3 is 0 Å². The van der Waals surface area contributed by atoms with Gasteiger partial charge in [-0.3, -0.25) is 0 Å². The molecular formula is C11H12F2O3S. The maximum atomic E-state index is 13.0. The molecule has 6 heteroatoms. The Hall–Kier alpha value is -1.01. The zero-order valence-corrected chi connectivity index (χ0v) is 9.75. The van der Waals surface area contributed by atoms with Crippen LogP contribution in [0.1, 0.15) is 18.1 Å². The summed E-state index contributed by atoms with van der Waals surface area (Å²) >= 11 is 0. The van der Waals surface area contributed by atoms with Gasteiger partial charge in [-0.25, -0.2) is 17.2 Å². The second-order valence-electron chi connectivity index (χ2n) is 4.31. The Bertz CT molecular complexity index is 507. The maximum Gasteiger partial charge on any atom is 0.150 e. The standard InChI is InChI=1S/C11H12F2O3S/c12-9-3-8(4-10(13)5-9)11(14)7-1-2-17(15,16)6-7/h3-5,7,11,14H,1-2,6H2. The number of aliphatic hydroxyl groups excluding tert-OH is 1. The minimum Gasteiger partial charge on any atom is -0.388 e. The summed E-state index contributed by atoms with van der Waals surface area (Å²) < 4.78 is 48.4. The molecule has 2 rings (SSSR count). The summed E-state index contributed by atoms with van der Waals surface area (Å²) in [7, 11) is -3.12. The van der Waals surface area contributed by atoms with Crippen molar-refractivity contribution in [1.29, 1.82) is 0 Å². The summed E-state index contributed by atoms with van der Waals surface area (Å²) in [6.07, 6.45) is -0.820. The van der Waals surface area contributed by atoms with Crippen LogP contribution in [0.25, 0.3) is 0 Å². The molecule has 94 valence electrons. The van der Waals surface area contributed by atoms with E-state index in [1.54, 1.807) is 0 Å². The van der Waals surface area contributed by atoms with Gasteiger partial charge in [0, 0.05) is 12.0 Å². The summed E-state index contributed by atoms with van der Waals surface area (Å²) in [5.74, 6) is -2.15. The van der Waals surface area contributed by atoms with Gasteiger partial charge < -0.3 is 5.11 Å². The maximum absolute atomic E-state index is 13.0. The summed E-state index contributed by atoms with van der Waals surface area (Å²) in [6, 6.07) is 2.76. The zero-order valence-electron chi connectivity index (χ0n) is 8.94. The normalized spacial score (nSPS) is 24.8. The molecule has 17 heavy (non-hydrogen) atoms. The van der Waals surface area contributed by atoms with Crippen molar-refractivity contribution in [3.63, 3.8) is 0 Å². The average Bonchev–Trinajstić information content (AvgIpc) is 2.56. The first-order valence-electron chi connectivity index (χ1n) is 5.22. The van der Waals surface area contributed by atoms with Gasteiger partial charge in [0.2, 0.25) is 0 Å². The van der Waals surface area contributed by atoms with E-state index >= 15 is 0 Å². The monoisotopic (exact) mass is 262 g/mol. The van der Waals surface area contributed by atoms with Gasteiger partial charge in [-0.2, -0.15) is 0 Å². The number of hydrogen-bond donors (Lipinski definition) is 1. The fourth-order valence-electron chi connectivity index (χ4n) is 2.09. The van der Waals surface area contributed by atoms with E-state index in [1.165, 1.54) is 0 Å². The number of aliphatic hydroxyl groups is 1. The van der Waals surface area contributed by atoms with Gasteiger partial charge in [-0.05, 0) is 24.1 Å². The van der Waals surface area contributed by atoms with Gasteiger partial charge in [0.1, 0.15) is 11.6 Å². The summed E-state index contributed by atoms with van der Waals surface area (Å²) in [4.78, 5) is 0. The van der Waals surface area contributed by atoms with Crippen molar-refractivity contribution in [2.75, 3.05) is 11.5 Å². The second-order valence-corrected chi connectivity index (χ2v) is 6.54. The Morgan fingerprint density at radius 2 is 1.82 bits per heavy atom. The molecule has 1 aliphatic rings. The lowest BCUT2D eigenvalue weighted by Crippen LogP contribution is -2.14. The Labute approximate surface area is 98.0 Å². The van der Waals surface area contributed by atoms with E-state index < -0.39 is 33.5 Å². The van der Waals surface area contributed by atoms with E-state index in [-0.39, 0.29) is 17.1 Å². The predicted octanol–water partition coefficient (Wildman–Crippen LogP) is 1.43. The first-order chi connectivity index (χ1) is 7.87. The highest BCUT2D eigenvalue weighted by Gasteiger charge is 2.33. The smallest absolute Gasteiger partial charge is 0.150 e. The Balaban J connectivity index is 2.23. The van der Waals surface area contributed by atoms with E-state index in [2.05, 4.69) is 0 Å². The quantitative estimate of drug-likeness (QED) is 0.877. The van der Waals surface area contributed by atoms with E-state index in [4.69, 9.17) is 0 Å². The van der Waals surface area contributed by atoms with Crippen LogP contribution in [0.3, 0.4) is 0 Å². The molecule has 1 aromatic carbocycles. The first kappa shape index (κ1) is 12.4. The van der Waals surface area contributed by atoms with E-state index in [0.29, 0.717) is 12.5 Å². The van der Waals surface area contributed by atoms with Crippen LogP contribution in [-0.2, 0) is 9.84 Å². The molecule has 0 amide bonds. The van der Waals surface area contributed by atoms with Gasteiger partial charge in [0.05, 0.1) is 17.6 Å². The van der Waals surface area contributed by atoms with E-state index in [9.17, 15) is 22.3 Å². The molecular weight excluding hydrogens is 250 g/mol. The molecule has 1 fully saturated rings. The SMILES string of the molecule is O=S1(=O)CCC(C(O)c2cc(F)cc(F)c2)C1. The van der Waals surface area contributed by atoms with Crippen LogP contribution < -0.4 is 0 Å². The molecule has 0 bridgehead atoms. The summed E-state index contributed by atoms with van der Waals surface area (Å²) in [6.45, 7) is 0. The molecule has 1 aromatic rings. The highest BCUT2D eigenvalue weighted by atomic mass is 32.2. The third-order valence-corrected chi connectivity index (χ3v) is 4.73. The molecule has 1 saturated heterocycles. The molecule has 0 aliphatic carbocycles. The van der Waals surface area contributed by atoms with Gasteiger partial charge in [0.15, 0.2) is 9.84 Å². The fourth-order valence-corrected chi connectivity index (χ4v) is 3.92. The van der Waals surface area contributed by atoms with E-state index in [1.807, 2.05) is 0 Å². The third kappa shape index (κ3) is 2.81. The van der Waals surface area contributed by atoms with Crippen LogP contribution >= 0.6 is 0 Å². The average molecular weight is 262 g/mol. The third-order valence-electron chi connectivity index (χ3n) is 2.94. The highest BCUT2D eigenvalue weighted by molar-refractivity contribution is 7.91. The van der Waals surface area contributed by atoms with Crippen molar-refractivity contribution in [2.24, 2.45) is 5.92 Å². The van der Waals surface area contributed by atoms with Crippen LogP contribution in [0.2, 0.25) is 0 Å². The van der Waals surface area contributed by atoms with Crippen molar-refractivity contribution < 1.29 is 22.3 Å². The minimum atomic E-state index is -3.12. The van der Waals surface area contributed by atoms with Crippen LogP contribution in [0.4, 0.5) is 8.78 Å². The lowest BCUT2D eigenvalue weighted by atomic mass is 9.95. The molecule has 2 atom stereocenters. The van der Waals surface area contributed by atoms with Gasteiger partial charge in [-0.15, -0.1) is 0 Å². The molecule has 1 N–H and O–H groups in total.